The molecule has 2 atom stereocenters. The number of benzene rings is 1. The van der Waals surface area contributed by atoms with Crippen LogP contribution in [0.15, 0.2) is 53.6 Å². The van der Waals surface area contributed by atoms with Crippen molar-refractivity contribution in [2.75, 3.05) is 42.5 Å². The molecule has 2 fully saturated rings. The zero-order valence-electron chi connectivity index (χ0n) is 19.7. The number of aliphatic hydroxyl groups is 1. The van der Waals surface area contributed by atoms with E-state index in [-0.39, 0.29) is 60.5 Å². The number of piperazine rings is 1. The molecule has 0 amide bonds. The van der Waals surface area contributed by atoms with Crippen LogP contribution < -0.4 is 20.7 Å². The maximum atomic E-state index is 14.3. The van der Waals surface area contributed by atoms with Gasteiger partial charge in [-0.1, -0.05) is 12.1 Å². The van der Waals surface area contributed by atoms with Crippen LogP contribution in [0, 0.1) is 5.82 Å². The standard InChI is InChI=1S/C24H27FN6O2.3ClH/c1-29-23(33)12-21(19-6-8-26-13-20(19)25)28-24(29)31-11-9-27-22(15-31)16-2-4-17(5-3-16)30-10-7-18(32)14-30;;;/h2-6,8,12-13,18,22,27,32H,7,9-11,14-15H2,1H3;3*1H/t18-,22-;;;/m1.../s1. The van der Waals surface area contributed by atoms with Gasteiger partial charge in [-0.15, -0.1) is 37.2 Å². The average Bonchev–Trinajstić information content (AvgIpc) is 3.27. The van der Waals surface area contributed by atoms with E-state index in [1.807, 2.05) is 0 Å². The number of nitrogens with zero attached hydrogens (tertiary/aromatic N) is 5. The molecule has 0 aliphatic carbocycles. The zero-order valence-corrected chi connectivity index (χ0v) is 22.2. The first kappa shape index (κ1) is 29.8. The molecule has 0 saturated carbocycles. The van der Waals surface area contributed by atoms with Gasteiger partial charge in [0.05, 0.1) is 18.0 Å². The number of β-amino-alcohol motifs (C(OH)–C–C–N with tert-alkyl or cyclic N) is 1. The Morgan fingerprint density at radius 3 is 2.47 bits per heavy atom. The lowest BCUT2D eigenvalue weighted by atomic mass is 10.0. The van der Waals surface area contributed by atoms with Crippen molar-refractivity contribution in [1.29, 1.82) is 0 Å². The molecule has 196 valence electrons. The van der Waals surface area contributed by atoms with Crippen LogP contribution in [0.2, 0.25) is 0 Å². The summed E-state index contributed by atoms with van der Waals surface area (Å²) in [4.78, 5) is 25.3. The Bertz CT molecular complexity index is 1210. The minimum Gasteiger partial charge on any atom is -0.391 e. The summed E-state index contributed by atoms with van der Waals surface area (Å²) in [7, 11) is 1.69. The van der Waals surface area contributed by atoms with Crippen molar-refractivity contribution < 1.29 is 9.50 Å². The maximum Gasteiger partial charge on any atom is 0.255 e. The molecule has 12 heteroatoms. The van der Waals surface area contributed by atoms with Crippen LogP contribution in [-0.2, 0) is 7.05 Å². The quantitative estimate of drug-likeness (QED) is 0.508. The van der Waals surface area contributed by atoms with Gasteiger partial charge in [0.1, 0.15) is 0 Å². The Balaban J connectivity index is 0.00000152. The lowest BCUT2D eigenvalue weighted by Gasteiger charge is -2.35. The largest absolute Gasteiger partial charge is 0.391 e. The van der Waals surface area contributed by atoms with Crippen molar-refractivity contribution in [3.05, 3.63) is 70.5 Å². The van der Waals surface area contributed by atoms with Gasteiger partial charge in [-0.25, -0.2) is 9.37 Å². The summed E-state index contributed by atoms with van der Waals surface area (Å²) in [5.41, 5.74) is 2.58. The van der Waals surface area contributed by atoms with Crippen molar-refractivity contribution in [3.8, 4) is 11.3 Å². The lowest BCUT2D eigenvalue weighted by Crippen LogP contribution is -2.47. The second-order valence-electron chi connectivity index (χ2n) is 8.63. The molecule has 0 unspecified atom stereocenters. The molecule has 5 rings (SSSR count). The molecule has 1 aromatic carbocycles. The van der Waals surface area contributed by atoms with E-state index < -0.39 is 5.82 Å². The fourth-order valence-corrected chi connectivity index (χ4v) is 4.58. The van der Waals surface area contributed by atoms with Gasteiger partial charge in [0, 0.05) is 69.3 Å². The Kier molecular flexibility index (Phi) is 10.5. The third kappa shape index (κ3) is 6.10. The number of aliphatic hydroxyl groups excluding tert-OH is 1. The first-order valence-electron chi connectivity index (χ1n) is 11.2. The molecule has 4 heterocycles. The summed E-state index contributed by atoms with van der Waals surface area (Å²) in [5, 5.41) is 13.3. The van der Waals surface area contributed by atoms with Crippen molar-refractivity contribution >= 4 is 48.9 Å². The summed E-state index contributed by atoms with van der Waals surface area (Å²) in [5.74, 6) is 0.0101. The minimum atomic E-state index is -0.506. The fraction of sp³-hybridized carbons (Fsp3) is 0.375. The summed E-state index contributed by atoms with van der Waals surface area (Å²) in [6, 6.07) is 11.4. The topological polar surface area (TPSA) is 86.5 Å². The van der Waals surface area contributed by atoms with E-state index in [2.05, 4.69) is 49.4 Å². The fourth-order valence-electron chi connectivity index (χ4n) is 4.58. The summed E-state index contributed by atoms with van der Waals surface area (Å²) < 4.78 is 15.8. The summed E-state index contributed by atoms with van der Waals surface area (Å²) >= 11 is 0. The van der Waals surface area contributed by atoms with Gasteiger partial charge in [0.2, 0.25) is 5.95 Å². The highest BCUT2D eigenvalue weighted by Crippen LogP contribution is 2.26. The third-order valence-corrected chi connectivity index (χ3v) is 6.44. The van der Waals surface area contributed by atoms with E-state index in [1.54, 1.807) is 7.05 Å². The maximum absolute atomic E-state index is 14.3. The van der Waals surface area contributed by atoms with Gasteiger partial charge in [0.15, 0.2) is 5.82 Å². The highest BCUT2D eigenvalue weighted by Gasteiger charge is 2.25. The van der Waals surface area contributed by atoms with Gasteiger partial charge >= 0.3 is 0 Å². The van der Waals surface area contributed by atoms with Crippen LogP contribution in [0.3, 0.4) is 0 Å². The predicted molar refractivity (Wildman–Crippen MR) is 147 cm³/mol. The highest BCUT2D eigenvalue weighted by molar-refractivity contribution is 5.86. The number of halogens is 4. The second kappa shape index (κ2) is 12.7. The van der Waals surface area contributed by atoms with E-state index in [9.17, 15) is 14.3 Å². The Hall–Kier alpha value is -2.43. The van der Waals surface area contributed by atoms with Gasteiger partial charge in [0.25, 0.3) is 5.56 Å². The molecule has 2 aliphatic rings. The third-order valence-electron chi connectivity index (χ3n) is 6.44. The molecule has 2 aromatic heterocycles. The molecular formula is C24H30Cl3FN6O2. The van der Waals surface area contributed by atoms with Crippen molar-refractivity contribution in [2.45, 2.75) is 18.6 Å². The van der Waals surface area contributed by atoms with Crippen LogP contribution in [0.5, 0.6) is 0 Å². The Labute approximate surface area is 227 Å². The molecular weight excluding hydrogens is 530 g/mol. The minimum absolute atomic E-state index is 0. The predicted octanol–water partition coefficient (Wildman–Crippen LogP) is 2.97. The smallest absolute Gasteiger partial charge is 0.255 e. The number of aromatic nitrogens is 3. The van der Waals surface area contributed by atoms with Gasteiger partial charge in [-0.2, -0.15) is 0 Å². The number of hydrogen-bond acceptors (Lipinski definition) is 7. The zero-order chi connectivity index (χ0) is 22.9. The highest BCUT2D eigenvalue weighted by atomic mass is 35.5. The number of rotatable bonds is 4. The van der Waals surface area contributed by atoms with Gasteiger partial charge in [-0.3, -0.25) is 14.3 Å². The van der Waals surface area contributed by atoms with Crippen molar-refractivity contribution in [1.82, 2.24) is 19.9 Å². The van der Waals surface area contributed by atoms with Crippen molar-refractivity contribution in [3.63, 3.8) is 0 Å². The number of hydrogen-bond donors (Lipinski definition) is 2. The number of nitrogens with one attached hydrogen (secondary N) is 1. The van der Waals surface area contributed by atoms with E-state index in [4.69, 9.17) is 0 Å². The molecule has 8 nitrogen and oxygen atoms in total. The summed E-state index contributed by atoms with van der Waals surface area (Å²) in [6.45, 7) is 3.58. The van der Waals surface area contributed by atoms with Gasteiger partial charge < -0.3 is 20.2 Å². The molecule has 2 N–H and O–H groups in total. The Morgan fingerprint density at radius 2 is 1.81 bits per heavy atom. The van der Waals surface area contributed by atoms with Crippen LogP contribution in [-0.4, -0.2) is 58.5 Å². The normalized spacial score (nSPS) is 19.2. The summed E-state index contributed by atoms with van der Waals surface area (Å²) in [6.07, 6.45) is 3.16. The van der Waals surface area contributed by atoms with Crippen LogP contribution in [0.1, 0.15) is 18.0 Å². The number of pyridine rings is 1. The van der Waals surface area contributed by atoms with Gasteiger partial charge in [-0.05, 0) is 30.2 Å². The second-order valence-corrected chi connectivity index (χ2v) is 8.63. The SMILES string of the molecule is Cl.Cl.Cl.Cn1c(N2CCN[C@@H](c3ccc(N4CC[C@@H](O)C4)cc3)C2)nc(-c2ccncc2F)cc1=O. The first-order chi connectivity index (χ1) is 16.0. The molecule has 2 aliphatic heterocycles. The van der Waals surface area contributed by atoms with Crippen LogP contribution in [0.25, 0.3) is 11.3 Å². The average molecular weight is 560 g/mol. The van der Waals surface area contributed by atoms with E-state index in [0.29, 0.717) is 31.3 Å². The lowest BCUT2D eigenvalue weighted by molar-refractivity contribution is 0.198. The molecule has 3 aromatic rings. The first-order valence-corrected chi connectivity index (χ1v) is 11.2. The monoisotopic (exact) mass is 558 g/mol. The van der Waals surface area contributed by atoms with Crippen LogP contribution >= 0.6 is 37.2 Å². The van der Waals surface area contributed by atoms with E-state index in [1.165, 1.54) is 22.9 Å². The molecule has 36 heavy (non-hydrogen) atoms. The van der Waals surface area contributed by atoms with Crippen molar-refractivity contribution in [2.24, 2.45) is 7.05 Å². The van der Waals surface area contributed by atoms with E-state index >= 15 is 0 Å². The van der Waals surface area contributed by atoms with E-state index in [0.717, 1.165) is 37.0 Å². The number of anilines is 2. The molecule has 0 radical (unpaired) electrons. The molecule has 0 spiro atoms. The van der Waals surface area contributed by atoms with Crippen LogP contribution in [0.4, 0.5) is 16.0 Å². The Morgan fingerprint density at radius 1 is 1.06 bits per heavy atom. The molecule has 2 saturated heterocycles. The molecule has 0 bridgehead atoms.